The number of ether oxygens (including phenoxy) is 1. The molecule has 2 unspecified atom stereocenters. The Labute approximate surface area is 205 Å². The van der Waals surface area contributed by atoms with Crippen molar-refractivity contribution in [3.63, 3.8) is 0 Å². The molecule has 1 fully saturated rings. The van der Waals surface area contributed by atoms with E-state index >= 15 is 0 Å². The van der Waals surface area contributed by atoms with Crippen LogP contribution in [0.1, 0.15) is 99.8 Å². The number of epoxide rings is 1. The van der Waals surface area contributed by atoms with Crippen LogP contribution in [-0.4, -0.2) is 53.8 Å². The summed E-state index contributed by atoms with van der Waals surface area (Å²) in [6, 6.07) is -2.17. The molecule has 0 bridgehead atoms. The smallest absolute Gasteiger partial charge is 0.243 e. The molecule has 1 saturated heterocycles. The summed E-state index contributed by atoms with van der Waals surface area (Å²) in [5.41, 5.74) is -0.834. The van der Waals surface area contributed by atoms with E-state index in [0.29, 0.717) is 25.9 Å². The minimum absolute atomic E-state index is 0.130. The summed E-state index contributed by atoms with van der Waals surface area (Å²) in [7, 11) is 0. The van der Waals surface area contributed by atoms with Crippen molar-refractivity contribution in [3.8, 4) is 0 Å². The van der Waals surface area contributed by atoms with Crippen molar-refractivity contribution in [2.24, 2.45) is 11.8 Å². The van der Waals surface area contributed by atoms with Crippen LogP contribution in [0.2, 0.25) is 0 Å². The van der Waals surface area contributed by atoms with Crippen molar-refractivity contribution in [3.05, 3.63) is 0 Å². The zero-order chi connectivity index (χ0) is 25.9. The fraction of sp³-hybridized carbons (Fsp3) is 0.846. The number of hydrogen-bond acceptors (Lipinski definition) is 5. The van der Waals surface area contributed by atoms with Crippen LogP contribution in [0.5, 0.6) is 0 Å². The third-order valence-electron chi connectivity index (χ3n) is 6.19. The van der Waals surface area contributed by atoms with E-state index in [4.69, 9.17) is 4.74 Å². The number of hydrogen-bond donors (Lipinski definition) is 3. The molecule has 34 heavy (non-hydrogen) atoms. The quantitative estimate of drug-likeness (QED) is 0.218. The van der Waals surface area contributed by atoms with Gasteiger partial charge in [-0.15, -0.1) is 0 Å². The van der Waals surface area contributed by atoms with Gasteiger partial charge in [-0.1, -0.05) is 67.2 Å². The Morgan fingerprint density at radius 3 is 1.94 bits per heavy atom. The topological polar surface area (TPSA) is 117 Å². The molecular weight excluding hydrogens is 434 g/mol. The van der Waals surface area contributed by atoms with Crippen molar-refractivity contribution < 1.29 is 23.9 Å². The van der Waals surface area contributed by atoms with Gasteiger partial charge in [-0.25, -0.2) is 0 Å². The molecule has 0 aromatic carbocycles. The molecule has 3 amide bonds. The number of carbonyl (C=O) groups excluding carboxylic acids is 4. The lowest BCUT2D eigenvalue weighted by atomic mass is 9.93. The number of ketones is 1. The van der Waals surface area contributed by atoms with Crippen LogP contribution in [0.25, 0.3) is 0 Å². The lowest BCUT2D eigenvalue weighted by Gasteiger charge is -2.27. The number of Topliss-reactive ketones (excluding diaryl/α,β-unsaturated/α-hetero) is 1. The maximum Gasteiger partial charge on any atom is 0.243 e. The van der Waals surface area contributed by atoms with Crippen LogP contribution in [0.3, 0.4) is 0 Å². The third-order valence-corrected chi connectivity index (χ3v) is 6.19. The van der Waals surface area contributed by atoms with Gasteiger partial charge in [-0.2, -0.15) is 0 Å². The van der Waals surface area contributed by atoms with E-state index in [-0.39, 0.29) is 35.3 Å². The third kappa shape index (κ3) is 10.1. The van der Waals surface area contributed by atoms with Gasteiger partial charge in [0.1, 0.15) is 17.7 Å². The zero-order valence-corrected chi connectivity index (χ0v) is 22.3. The number of nitrogens with one attached hydrogen (secondary N) is 3. The van der Waals surface area contributed by atoms with Gasteiger partial charge in [0, 0.05) is 6.42 Å². The first-order chi connectivity index (χ1) is 15.9. The molecule has 1 rings (SSSR count). The molecule has 0 spiro atoms. The Morgan fingerprint density at radius 2 is 1.44 bits per heavy atom. The molecule has 8 nitrogen and oxygen atoms in total. The molecule has 1 aliphatic rings. The van der Waals surface area contributed by atoms with Crippen LogP contribution in [0.15, 0.2) is 0 Å². The number of rotatable bonds is 17. The van der Waals surface area contributed by atoms with Crippen LogP contribution >= 0.6 is 0 Å². The normalized spacial score (nSPS) is 19.9. The molecule has 8 heteroatoms. The van der Waals surface area contributed by atoms with Gasteiger partial charge in [-0.3, -0.25) is 19.2 Å². The van der Waals surface area contributed by atoms with Crippen LogP contribution < -0.4 is 16.0 Å². The van der Waals surface area contributed by atoms with Crippen LogP contribution in [-0.2, 0) is 23.9 Å². The van der Waals surface area contributed by atoms with Crippen LogP contribution in [0, 0.1) is 11.8 Å². The standard InChI is InChI=1S/C26H47N3O5/c1-8-10-12-14-21(30)29-22(18(5)6)25(33)27-19(13-11-9-2)24(32)28-20(15-17(3)4)23(31)26(7)16-34-26/h17-20,22H,8-16H2,1-7H3,(H,27,33)(H,28,32)(H,29,30)/t19?,20?,22-,26+/m0/s1. The molecule has 1 heterocycles. The van der Waals surface area contributed by atoms with Crippen molar-refractivity contribution in [2.45, 2.75) is 124 Å². The molecule has 0 radical (unpaired) electrons. The largest absolute Gasteiger partial charge is 0.361 e. The predicted molar refractivity (Wildman–Crippen MR) is 133 cm³/mol. The Kier molecular flexibility index (Phi) is 12.8. The van der Waals surface area contributed by atoms with Gasteiger partial charge in [-0.05, 0) is 38.0 Å². The summed E-state index contributed by atoms with van der Waals surface area (Å²) in [5, 5.41) is 8.57. The SMILES string of the molecule is CCCCCC(=O)N[C@H](C(=O)NC(CCCC)C(=O)NC(CC(C)C)C(=O)[C@@]1(C)CO1)C(C)C. The van der Waals surface area contributed by atoms with E-state index in [2.05, 4.69) is 22.9 Å². The van der Waals surface area contributed by atoms with Gasteiger partial charge in [0.2, 0.25) is 17.7 Å². The summed E-state index contributed by atoms with van der Waals surface area (Å²) < 4.78 is 5.31. The lowest BCUT2D eigenvalue weighted by molar-refractivity contribution is -0.135. The monoisotopic (exact) mass is 481 g/mol. The first-order valence-corrected chi connectivity index (χ1v) is 13.0. The highest BCUT2D eigenvalue weighted by Crippen LogP contribution is 2.29. The summed E-state index contributed by atoms with van der Waals surface area (Å²) in [5.74, 6) is -0.964. The predicted octanol–water partition coefficient (Wildman–Crippen LogP) is 3.27. The highest BCUT2D eigenvalue weighted by atomic mass is 16.6. The van der Waals surface area contributed by atoms with E-state index in [0.717, 1.165) is 32.1 Å². The summed E-state index contributed by atoms with van der Waals surface area (Å²) >= 11 is 0. The summed E-state index contributed by atoms with van der Waals surface area (Å²) in [6.45, 7) is 13.9. The van der Waals surface area contributed by atoms with Crippen molar-refractivity contribution in [1.82, 2.24) is 16.0 Å². The Morgan fingerprint density at radius 1 is 0.853 bits per heavy atom. The molecule has 196 valence electrons. The van der Waals surface area contributed by atoms with E-state index in [9.17, 15) is 19.2 Å². The van der Waals surface area contributed by atoms with Gasteiger partial charge >= 0.3 is 0 Å². The number of amides is 3. The van der Waals surface area contributed by atoms with Crippen molar-refractivity contribution in [1.29, 1.82) is 0 Å². The maximum atomic E-state index is 13.2. The van der Waals surface area contributed by atoms with E-state index in [1.807, 2.05) is 34.6 Å². The number of unbranched alkanes of at least 4 members (excludes halogenated alkanes) is 3. The van der Waals surface area contributed by atoms with Crippen LogP contribution in [0.4, 0.5) is 0 Å². The van der Waals surface area contributed by atoms with Gasteiger partial charge in [0.05, 0.1) is 12.6 Å². The average Bonchev–Trinajstić information content (AvgIpc) is 3.51. The number of carbonyl (C=O) groups is 4. The summed E-state index contributed by atoms with van der Waals surface area (Å²) in [4.78, 5) is 51.6. The zero-order valence-electron chi connectivity index (χ0n) is 22.3. The fourth-order valence-corrected chi connectivity index (χ4v) is 3.85. The average molecular weight is 482 g/mol. The van der Waals surface area contributed by atoms with E-state index in [1.165, 1.54) is 0 Å². The molecule has 0 saturated carbocycles. The fourth-order valence-electron chi connectivity index (χ4n) is 3.85. The van der Waals surface area contributed by atoms with Gasteiger partial charge < -0.3 is 20.7 Å². The molecule has 0 aromatic rings. The summed E-state index contributed by atoms with van der Waals surface area (Å²) in [6.07, 6.45) is 5.71. The second-order valence-electron chi connectivity index (χ2n) is 10.5. The van der Waals surface area contributed by atoms with Gasteiger partial charge in [0.15, 0.2) is 5.78 Å². The minimum Gasteiger partial charge on any atom is -0.361 e. The lowest BCUT2D eigenvalue weighted by Crippen LogP contribution is -2.57. The van der Waals surface area contributed by atoms with Crippen molar-refractivity contribution in [2.75, 3.05) is 6.61 Å². The first-order valence-electron chi connectivity index (χ1n) is 13.0. The highest BCUT2D eigenvalue weighted by Gasteiger charge is 2.50. The molecule has 4 atom stereocenters. The second kappa shape index (κ2) is 14.4. The van der Waals surface area contributed by atoms with E-state index < -0.39 is 23.7 Å². The highest BCUT2D eigenvalue weighted by molar-refractivity contribution is 5.98. The van der Waals surface area contributed by atoms with Crippen molar-refractivity contribution >= 4 is 23.5 Å². The van der Waals surface area contributed by atoms with Gasteiger partial charge in [0.25, 0.3) is 0 Å². The van der Waals surface area contributed by atoms with E-state index in [1.54, 1.807) is 6.92 Å². The molecular formula is C26H47N3O5. The minimum atomic E-state index is -0.834. The maximum absolute atomic E-state index is 13.2. The molecule has 0 aromatic heterocycles. The Hall–Kier alpha value is -1.96. The molecule has 3 N–H and O–H groups in total. The molecule has 1 aliphatic heterocycles. The second-order valence-corrected chi connectivity index (χ2v) is 10.5. The Balaban J connectivity index is 2.89. The first kappa shape index (κ1) is 30.1. The Bertz CT molecular complexity index is 688. The molecule has 0 aliphatic carbocycles.